The van der Waals surface area contributed by atoms with E-state index in [0.29, 0.717) is 6.54 Å². The molecule has 1 aromatic rings. The highest BCUT2D eigenvalue weighted by Gasteiger charge is 2.16. The van der Waals surface area contributed by atoms with Crippen molar-refractivity contribution in [3.63, 3.8) is 0 Å². The Morgan fingerprint density at radius 2 is 2.11 bits per heavy atom. The molecule has 2 rings (SSSR count). The highest BCUT2D eigenvalue weighted by molar-refractivity contribution is 5.36. The van der Waals surface area contributed by atoms with E-state index in [1.807, 2.05) is 12.3 Å². The molecule has 0 bridgehead atoms. The van der Waals surface area contributed by atoms with Gasteiger partial charge < -0.3 is 10.6 Å². The van der Waals surface area contributed by atoms with Gasteiger partial charge in [-0.1, -0.05) is 19.3 Å². The minimum absolute atomic E-state index is 0.607. The fourth-order valence-electron chi connectivity index (χ4n) is 2.70. The SMILES string of the molecule is CN(CC1CCCCC1)c1ccnc(CCN)n1. The molecule has 0 saturated heterocycles. The predicted molar refractivity (Wildman–Crippen MR) is 74.6 cm³/mol. The summed E-state index contributed by atoms with van der Waals surface area (Å²) in [6, 6.07) is 1.99. The van der Waals surface area contributed by atoms with Gasteiger partial charge in [0.15, 0.2) is 0 Å². The van der Waals surface area contributed by atoms with E-state index >= 15 is 0 Å². The van der Waals surface area contributed by atoms with Crippen molar-refractivity contribution in [3.8, 4) is 0 Å². The fourth-order valence-corrected chi connectivity index (χ4v) is 2.70. The monoisotopic (exact) mass is 248 g/mol. The van der Waals surface area contributed by atoms with E-state index in [1.54, 1.807) is 0 Å². The van der Waals surface area contributed by atoms with Crippen LogP contribution in [0.1, 0.15) is 37.9 Å². The van der Waals surface area contributed by atoms with E-state index in [0.717, 1.165) is 30.5 Å². The van der Waals surface area contributed by atoms with Crippen molar-refractivity contribution in [1.29, 1.82) is 0 Å². The predicted octanol–water partition coefficient (Wildman–Crippen LogP) is 1.99. The number of hydrogen-bond donors (Lipinski definition) is 1. The molecule has 0 spiro atoms. The summed E-state index contributed by atoms with van der Waals surface area (Å²) in [5, 5.41) is 0. The molecule has 0 amide bonds. The highest BCUT2D eigenvalue weighted by Crippen LogP contribution is 2.25. The zero-order chi connectivity index (χ0) is 12.8. The van der Waals surface area contributed by atoms with Crippen molar-refractivity contribution >= 4 is 5.82 Å². The number of aromatic nitrogens is 2. The first-order chi connectivity index (χ1) is 8.79. The third-order valence-corrected chi connectivity index (χ3v) is 3.71. The van der Waals surface area contributed by atoms with E-state index in [1.165, 1.54) is 32.1 Å². The maximum Gasteiger partial charge on any atom is 0.131 e. The van der Waals surface area contributed by atoms with Crippen LogP contribution >= 0.6 is 0 Å². The molecule has 100 valence electrons. The van der Waals surface area contributed by atoms with Crippen LogP contribution in [-0.2, 0) is 6.42 Å². The van der Waals surface area contributed by atoms with Gasteiger partial charge in [0.1, 0.15) is 11.6 Å². The number of nitrogens with zero attached hydrogens (tertiary/aromatic N) is 3. The molecule has 0 aliphatic heterocycles. The van der Waals surface area contributed by atoms with E-state index < -0.39 is 0 Å². The summed E-state index contributed by atoms with van der Waals surface area (Å²) in [5.41, 5.74) is 5.54. The largest absolute Gasteiger partial charge is 0.359 e. The smallest absolute Gasteiger partial charge is 0.131 e. The number of nitrogens with two attached hydrogens (primary N) is 1. The molecule has 0 radical (unpaired) electrons. The van der Waals surface area contributed by atoms with Gasteiger partial charge >= 0.3 is 0 Å². The Hall–Kier alpha value is -1.16. The quantitative estimate of drug-likeness (QED) is 0.866. The van der Waals surface area contributed by atoms with Gasteiger partial charge in [0.2, 0.25) is 0 Å². The molecule has 4 heteroatoms. The second-order valence-corrected chi connectivity index (χ2v) is 5.25. The van der Waals surface area contributed by atoms with Crippen molar-refractivity contribution in [2.24, 2.45) is 11.7 Å². The van der Waals surface area contributed by atoms with Gasteiger partial charge in [-0.2, -0.15) is 0 Å². The summed E-state index contributed by atoms with van der Waals surface area (Å²) in [6.07, 6.45) is 9.52. The van der Waals surface area contributed by atoms with Crippen molar-refractivity contribution in [2.45, 2.75) is 38.5 Å². The normalized spacial score (nSPS) is 16.8. The third-order valence-electron chi connectivity index (χ3n) is 3.71. The van der Waals surface area contributed by atoms with Gasteiger partial charge in [-0.15, -0.1) is 0 Å². The molecule has 2 N–H and O–H groups in total. The number of rotatable bonds is 5. The molecule has 1 aliphatic rings. The van der Waals surface area contributed by atoms with Crippen molar-refractivity contribution < 1.29 is 0 Å². The Kier molecular flexibility index (Phi) is 4.93. The first kappa shape index (κ1) is 13.3. The molecule has 0 atom stereocenters. The third kappa shape index (κ3) is 3.67. The van der Waals surface area contributed by atoms with Crippen molar-refractivity contribution in [1.82, 2.24) is 9.97 Å². The molecule has 0 aromatic carbocycles. The maximum absolute atomic E-state index is 5.54. The zero-order valence-corrected chi connectivity index (χ0v) is 11.3. The van der Waals surface area contributed by atoms with Gasteiger partial charge in [-0.05, 0) is 31.4 Å². The van der Waals surface area contributed by atoms with Crippen LogP contribution in [0.15, 0.2) is 12.3 Å². The average molecular weight is 248 g/mol. The molecule has 1 heterocycles. The Labute approximate surface area is 110 Å². The minimum Gasteiger partial charge on any atom is -0.359 e. The summed E-state index contributed by atoms with van der Waals surface area (Å²) >= 11 is 0. The molecular weight excluding hydrogens is 224 g/mol. The van der Waals surface area contributed by atoms with Gasteiger partial charge in [-0.3, -0.25) is 0 Å². The lowest BCUT2D eigenvalue weighted by Gasteiger charge is -2.27. The fraction of sp³-hybridized carbons (Fsp3) is 0.714. The lowest BCUT2D eigenvalue weighted by molar-refractivity contribution is 0.361. The first-order valence-corrected chi connectivity index (χ1v) is 7.02. The van der Waals surface area contributed by atoms with E-state index in [4.69, 9.17) is 5.73 Å². The van der Waals surface area contributed by atoms with Crippen LogP contribution in [0, 0.1) is 5.92 Å². The lowest BCUT2D eigenvalue weighted by atomic mass is 9.89. The lowest BCUT2D eigenvalue weighted by Crippen LogP contribution is -2.27. The van der Waals surface area contributed by atoms with E-state index in [9.17, 15) is 0 Å². The van der Waals surface area contributed by atoms with Crippen LogP contribution in [0.5, 0.6) is 0 Å². The molecule has 1 fully saturated rings. The molecule has 4 nitrogen and oxygen atoms in total. The average Bonchev–Trinajstić information content (AvgIpc) is 2.40. The minimum atomic E-state index is 0.607. The first-order valence-electron chi connectivity index (χ1n) is 7.02. The van der Waals surface area contributed by atoms with Crippen LogP contribution in [0.25, 0.3) is 0 Å². The van der Waals surface area contributed by atoms with Gasteiger partial charge in [0.05, 0.1) is 0 Å². The number of anilines is 1. The Bertz CT molecular complexity index is 361. The maximum atomic E-state index is 5.54. The Balaban J connectivity index is 1.94. The van der Waals surface area contributed by atoms with Crippen LogP contribution in [-0.4, -0.2) is 30.1 Å². The van der Waals surface area contributed by atoms with E-state index in [2.05, 4.69) is 21.9 Å². The Morgan fingerprint density at radius 1 is 1.33 bits per heavy atom. The summed E-state index contributed by atoms with van der Waals surface area (Å²) in [6.45, 7) is 1.72. The second kappa shape index (κ2) is 6.69. The van der Waals surface area contributed by atoms with Crippen LogP contribution in [0.3, 0.4) is 0 Å². The molecule has 1 aromatic heterocycles. The standard InChI is InChI=1S/C14H24N4/c1-18(11-12-5-3-2-4-6-12)14-8-10-16-13(17-14)7-9-15/h8,10,12H,2-7,9,11,15H2,1H3. The molecule has 1 aliphatic carbocycles. The van der Waals surface area contributed by atoms with Crippen molar-refractivity contribution in [2.75, 3.05) is 25.0 Å². The van der Waals surface area contributed by atoms with Crippen LogP contribution in [0.2, 0.25) is 0 Å². The second-order valence-electron chi connectivity index (χ2n) is 5.25. The highest BCUT2D eigenvalue weighted by atomic mass is 15.2. The summed E-state index contributed by atoms with van der Waals surface area (Å²) < 4.78 is 0. The molecule has 1 saturated carbocycles. The van der Waals surface area contributed by atoms with Crippen LogP contribution in [0.4, 0.5) is 5.82 Å². The summed E-state index contributed by atoms with van der Waals surface area (Å²) in [7, 11) is 2.13. The van der Waals surface area contributed by atoms with Gasteiger partial charge in [0, 0.05) is 26.2 Å². The Morgan fingerprint density at radius 3 is 2.83 bits per heavy atom. The zero-order valence-electron chi connectivity index (χ0n) is 11.3. The van der Waals surface area contributed by atoms with Crippen LogP contribution < -0.4 is 10.6 Å². The topological polar surface area (TPSA) is 55.0 Å². The molecular formula is C14H24N4. The molecule has 18 heavy (non-hydrogen) atoms. The summed E-state index contributed by atoms with van der Waals surface area (Å²) in [5.74, 6) is 2.71. The van der Waals surface area contributed by atoms with Gasteiger partial charge in [0.25, 0.3) is 0 Å². The van der Waals surface area contributed by atoms with Gasteiger partial charge in [-0.25, -0.2) is 9.97 Å². The summed E-state index contributed by atoms with van der Waals surface area (Å²) in [4.78, 5) is 11.1. The van der Waals surface area contributed by atoms with Crippen molar-refractivity contribution in [3.05, 3.63) is 18.1 Å². The molecule has 0 unspecified atom stereocenters. The van der Waals surface area contributed by atoms with E-state index in [-0.39, 0.29) is 0 Å². The number of hydrogen-bond acceptors (Lipinski definition) is 4.